The Bertz CT molecular complexity index is 2620. The zero-order valence-corrected chi connectivity index (χ0v) is 41.2. The Hall–Kier alpha value is -7.48. The number of rotatable bonds is 15. The van der Waals surface area contributed by atoms with Crippen molar-refractivity contribution in [1.29, 1.82) is 0 Å². The van der Waals surface area contributed by atoms with Crippen LogP contribution in [-0.4, -0.2) is 103 Å². The Labute approximate surface area is 442 Å². The molecule has 361 valence electrons. The van der Waals surface area contributed by atoms with E-state index in [4.69, 9.17) is 0 Å². The molecule has 0 aliphatic carbocycles. The molecule has 3 aromatic carbocycles. The van der Waals surface area contributed by atoms with Crippen LogP contribution in [0.1, 0.15) is 136 Å². The molecule has 0 atom stereocenters. The molecule has 0 fully saturated rings. The van der Waals surface area contributed by atoms with Gasteiger partial charge in [-0.1, -0.05) is 72.8 Å². The molecule has 6 rings (SSSR count). The molecule has 0 aliphatic rings. The second-order valence-electron chi connectivity index (χ2n) is 14.8. The van der Waals surface area contributed by atoms with Crippen LogP contribution in [-0.2, 0) is 0 Å². The molecule has 1 radical (unpaired) electrons. The number of hydrogen-bond acceptors (Lipinski definition) is 12. The average molecular weight is 1090 g/mol. The molecule has 19 heteroatoms. The van der Waals surface area contributed by atoms with Gasteiger partial charge >= 0.3 is 17.9 Å². The van der Waals surface area contributed by atoms with E-state index >= 15 is 0 Å². The Morgan fingerprint density at radius 1 is 0.357 bits per heavy atom. The summed E-state index contributed by atoms with van der Waals surface area (Å²) in [5.74, 6) is -5.10. The molecule has 3 amide bonds. The van der Waals surface area contributed by atoms with Gasteiger partial charge in [0.1, 0.15) is 34.2 Å². The standard InChI is InChI=1S/3C17H16N2O4.Eu/c3*1-3-18-16(21)14-8-13(9-15(19-14)17(22)23)12-6-4-11(5-7-12)10(2)20;/h3*4-9H,3H2,1-2H3,(H,18,21)(H,22,23);. The molecule has 0 aliphatic heterocycles. The van der Waals surface area contributed by atoms with Crippen molar-refractivity contribution in [2.45, 2.75) is 41.5 Å². The average Bonchev–Trinajstić information content (AvgIpc) is 3.34. The number of nitrogens with one attached hydrogen (secondary N) is 3. The minimum Gasteiger partial charge on any atom is -0.477 e. The maximum Gasteiger partial charge on any atom is 0.354 e. The molecule has 0 spiro atoms. The molecule has 0 unspecified atom stereocenters. The van der Waals surface area contributed by atoms with Crippen molar-refractivity contribution < 1.29 is 108 Å². The number of nitrogens with zero attached hydrogens (tertiary/aromatic N) is 3. The minimum atomic E-state index is -1.21. The number of carbonyl (C=O) groups excluding carboxylic acids is 6. The van der Waals surface area contributed by atoms with Gasteiger partial charge in [0.25, 0.3) is 17.7 Å². The first-order chi connectivity index (χ1) is 32.8. The van der Waals surface area contributed by atoms with E-state index in [2.05, 4.69) is 30.9 Å². The fourth-order valence-corrected chi connectivity index (χ4v) is 6.21. The van der Waals surface area contributed by atoms with Crippen LogP contribution in [0.2, 0.25) is 0 Å². The van der Waals surface area contributed by atoms with Gasteiger partial charge in [0, 0.05) is 85.7 Å². The van der Waals surface area contributed by atoms with E-state index in [1.807, 2.05) is 0 Å². The van der Waals surface area contributed by atoms with Crippen molar-refractivity contribution in [2.75, 3.05) is 19.6 Å². The van der Waals surface area contributed by atoms with E-state index in [-0.39, 0.29) is 101 Å². The number of benzene rings is 3. The molecule has 70 heavy (non-hydrogen) atoms. The number of carbonyl (C=O) groups is 9. The number of amides is 3. The van der Waals surface area contributed by atoms with Gasteiger partial charge in [-0.05, 0) is 111 Å². The molecule has 6 N–H and O–H groups in total. The van der Waals surface area contributed by atoms with Crippen LogP contribution in [0.25, 0.3) is 33.4 Å². The van der Waals surface area contributed by atoms with Crippen LogP contribution >= 0.6 is 0 Å². The van der Waals surface area contributed by atoms with Gasteiger partial charge in [0.05, 0.1) is 0 Å². The Morgan fingerprint density at radius 2 is 0.557 bits per heavy atom. The van der Waals surface area contributed by atoms with Crippen molar-refractivity contribution in [1.82, 2.24) is 30.9 Å². The zero-order chi connectivity index (χ0) is 50.9. The van der Waals surface area contributed by atoms with E-state index in [9.17, 15) is 58.5 Å². The van der Waals surface area contributed by atoms with Crippen LogP contribution in [0.5, 0.6) is 0 Å². The molecule has 18 nitrogen and oxygen atoms in total. The largest absolute Gasteiger partial charge is 0.477 e. The maximum atomic E-state index is 11.9. The normalized spacial score (nSPS) is 10.0. The minimum absolute atomic E-state index is 0. The summed E-state index contributed by atoms with van der Waals surface area (Å²) in [6, 6.07) is 29.0. The van der Waals surface area contributed by atoms with Gasteiger partial charge < -0.3 is 31.3 Å². The number of carboxylic acid groups (broad SMARTS) is 3. The number of ketones is 3. The van der Waals surface area contributed by atoms with Crippen LogP contribution in [0.15, 0.2) is 109 Å². The van der Waals surface area contributed by atoms with Crippen molar-refractivity contribution in [3.8, 4) is 33.4 Å². The number of pyridine rings is 3. The molecule has 0 saturated heterocycles. The predicted molar refractivity (Wildman–Crippen MR) is 254 cm³/mol. The number of aromatic nitrogens is 3. The summed E-state index contributed by atoms with van der Waals surface area (Å²) in [6.45, 7) is 11.0. The smallest absolute Gasteiger partial charge is 0.354 e. The molecule has 3 aromatic heterocycles. The van der Waals surface area contributed by atoms with E-state index < -0.39 is 35.6 Å². The second-order valence-corrected chi connectivity index (χ2v) is 14.8. The van der Waals surface area contributed by atoms with Crippen LogP contribution in [0.3, 0.4) is 0 Å². The van der Waals surface area contributed by atoms with E-state index in [0.29, 0.717) is 69.7 Å². The summed E-state index contributed by atoms with van der Waals surface area (Å²) < 4.78 is 0. The molecule has 6 aromatic rings. The van der Waals surface area contributed by atoms with Gasteiger partial charge in [-0.2, -0.15) is 0 Å². The molecular formula is C51H48EuN6O12. The number of aromatic carboxylic acids is 3. The topological polar surface area (TPSA) is 289 Å². The van der Waals surface area contributed by atoms with Crippen LogP contribution in [0.4, 0.5) is 0 Å². The SMILES string of the molecule is CCNC(=O)c1cc(-c2ccc(C(C)=O)cc2)cc(C(=O)O)n1.CCNC(=O)c1cc(-c2ccc(C(C)=O)cc2)cc(C(=O)O)n1.CCNC(=O)c1cc(-c2ccc(C(C)=O)cc2)cc(C(=O)O)n1.[Eu]. The number of Topliss-reactive ketones (excluding diaryl/α,β-unsaturated/α-hetero) is 3. The fraction of sp³-hybridized carbons (Fsp3) is 0.176. The fourth-order valence-electron chi connectivity index (χ4n) is 6.21. The van der Waals surface area contributed by atoms with E-state index in [1.54, 1.807) is 93.6 Å². The van der Waals surface area contributed by atoms with Crippen molar-refractivity contribution in [3.05, 3.63) is 160 Å². The monoisotopic (exact) mass is 1090 g/mol. The first-order valence-corrected chi connectivity index (χ1v) is 21.2. The quantitative estimate of drug-likeness (QED) is 0.0555. The first-order valence-electron chi connectivity index (χ1n) is 21.2. The number of hydrogen-bond donors (Lipinski definition) is 6. The molecule has 3 heterocycles. The summed E-state index contributed by atoms with van der Waals surface area (Å²) >= 11 is 0. The van der Waals surface area contributed by atoms with E-state index in [0.717, 1.165) is 0 Å². The van der Waals surface area contributed by atoms with Crippen LogP contribution < -0.4 is 16.0 Å². The van der Waals surface area contributed by atoms with Crippen molar-refractivity contribution in [3.63, 3.8) is 0 Å². The molecule has 0 bridgehead atoms. The first kappa shape index (κ1) is 56.8. The third kappa shape index (κ3) is 16.1. The summed E-state index contributed by atoms with van der Waals surface area (Å²) in [5.41, 5.74) is 4.92. The predicted octanol–water partition coefficient (Wildman–Crippen LogP) is 7.20. The summed E-state index contributed by atoms with van der Waals surface area (Å²) in [7, 11) is 0. The van der Waals surface area contributed by atoms with Crippen LogP contribution in [0, 0.1) is 49.4 Å². The van der Waals surface area contributed by atoms with E-state index in [1.165, 1.54) is 57.2 Å². The summed E-state index contributed by atoms with van der Waals surface area (Å²) in [5, 5.41) is 35.3. The van der Waals surface area contributed by atoms with Crippen molar-refractivity contribution >= 4 is 53.0 Å². The van der Waals surface area contributed by atoms with Gasteiger partial charge in [-0.3, -0.25) is 28.8 Å². The Kier molecular flexibility index (Phi) is 21.8. The third-order valence-corrected chi connectivity index (χ3v) is 9.72. The molecular weight excluding hydrogens is 1040 g/mol. The number of carboxylic acids is 3. The summed E-state index contributed by atoms with van der Waals surface area (Å²) in [4.78, 5) is 115. The maximum absolute atomic E-state index is 11.9. The zero-order valence-electron chi connectivity index (χ0n) is 38.7. The molecule has 0 saturated carbocycles. The Morgan fingerprint density at radius 3 is 0.729 bits per heavy atom. The van der Waals surface area contributed by atoms with Crippen molar-refractivity contribution in [2.24, 2.45) is 0 Å². The Balaban J connectivity index is 0.000000276. The van der Waals surface area contributed by atoms with Gasteiger partial charge in [0.2, 0.25) is 0 Å². The third-order valence-electron chi connectivity index (χ3n) is 9.72. The van der Waals surface area contributed by atoms with Gasteiger partial charge in [-0.15, -0.1) is 0 Å². The van der Waals surface area contributed by atoms with Gasteiger partial charge in [-0.25, -0.2) is 29.3 Å². The second kappa shape index (κ2) is 26.9. The summed E-state index contributed by atoms with van der Waals surface area (Å²) in [6.07, 6.45) is 0. The van der Waals surface area contributed by atoms with Gasteiger partial charge in [0.15, 0.2) is 17.3 Å².